The van der Waals surface area contributed by atoms with E-state index in [2.05, 4.69) is 10.3 Å². The summed E-state index contributed by atoms with van der Waals surface area (Å²) in [4.78, 5) is 50.1. The second-order valence-corrected chi connectivity index (χ2v) is 6.91. The van der Waals surface area contributed by atoms with Gasteiger partial charge in [0, 0.05) is 17.7 Å². The second-order valence-electron chi connectivity index (χ2n) is 6.91. The third-order valence-corrected chi connectivity index (χ3v) is 4.92. The Kier molecular flexibility index (Phi) is 6.11. The van der Waals surface area contributed by atoms with E-state index in [0.717, 1.165) is 6.42 Å². The number of fused-ring (bicyclic) bond motifs is 1. The summed E-state index contributed by atoms with van der Waals surface area (Å²) in [6.45, 7) is 1.60. The molecule has 4 N–H and O–H groups in total. The molecule has 1 aromatic carbocycles. The smallest absolute Gasteiger partial charge is 0.261 e. The summed E-state index contributed by atoms with van der Waals surface area (Å²) >= 11 is 0. The molecule has 1 unspecified atom stereocenters. The van der Waals surface area contributed by atoms with Crippen LogP contribution >= 0.6 is 0 Å². The van der Waals surface area contributed by atoms with Gasteiger partial charge >= 0.3 is 0 Å². The van der Waals surface area contributed by atoms with E-state index in [0.29, 0.717) is 41.8 Å². The molecule has 0 bridgehead atoms. The monoisotopic (exact) mass is 397 g/mol. The largest absolute Gasteiger partial charge is 0.484 e. The maximum atomic E-state index is 12.3. The Morgan fingerprint density at radius 2 is 1.97 bits per heavy atom. The van der Waals surface area contributed by atoms with Crippen molar-refractivity contribution in [3.05, 3.63) is 63.1 Å². The summed E-state index contributed by atoms with van der Waals surface area (Å²) < 4.78 is 5.49. The minimum atomic E-state index is -0.807. The van der Waals surface area contributed by atoms with Crippen molar-refractivity contribution in [3.8, 4) is 5.75 Å². The molecule has 3 rings (SSSR count). The number of nitrogens with two attached hydrogens (primary N) is 1. The fraction of sp³-hybridized carbons (Fsp3) is 0.333. The summed E-state index contributed by atoms with van der Waals surface area (Å²) in [5.74, 6) is -0.614. The summed E-state index contributed by atoms with van der Waals surface area (Å²) in [5, 5.41) is 2.88. The second kappa shape index (κ2) is 8.72. The number of amides is 2. The fourth-order valence-electron chi connectivity index (χ4n) is 3.40. The van der Waals surface area contributed by atoms with Crippen LogP contribution in [-0.4, -0.2) is 29.2 Å². The van der Waals surface area contributed by atoms with Crippen LogP contribution in [0.5, 0.6) is 5.75 Å². The Hall–Kier alpha value is -3.42. The zero-order valence-corrected chi connectivity index (χ0v) is 16.1. The molecule has 1 aromatic heterocycles. The van der Waals surface area contributed by atoms with Gasteiger partial charge in [-0.2, -0.15) is 0 Å². The van der Waals surface area contributed by atoms with Gasteiger partial charge in [0.1, 0.15) is 11.3 Å². The normalized spacial score (nSPS) is 15.3. The average molecular weight is 397 g/mol. The number of hydrogen-bond acceptors (Lipinski definition) is 5. The third kappa shape index (κ3) is 4.71. The molecule has 152 valence electrons. The topological polar surface area (TPSA) is 131 Å². The van der Waals surface area contributed by atoms with E-state index in [1.807, 2.05) is 0 Å². The molecule has 0 saturated carbocycles. The molecule has 0 saturated heterocycles. The van der Waals surface area contributed by atoms with Gasteiger partial charge in [0.25, 0.3) is 17.4 Å². The maximum Gasteiger partial charge on any atom is 0.261 e. The van der Waals surface area contributed by atoms with Gasteiger partial charge in [-0.25, -0.2) is 0 Å². The van der Waals surface area contributed by atoms with Gasteiger partial charge in [-0.3, -0.25) is 19.2 Å². The van der Waals surface area contributed by atoms with Crippen LogP contribution in [0.25, 0.3) is 0 Å². The van der Waals surface area contributed by atoms with Gasteiger partial charge in [-0.05, 0) is 55.2 Å². The van der Waals surface area contributed by atoms with Gasteiger partial charge in [0.15, 0.2) is 12.4 Å². The number of aromatic nitrogens is 1. The Bertz CT molecular complexity index is 994. The van der Waals surface area contributed by atoms with E-state index in [1.54, 1.807) is 31.2 Å². The van der Waals surface area contributed by atoms with Crippen LogP contribution in [-0.2, 0) is 11.2 Å². The molecular weight excluding hydrogens is 374 g/mol. The first-order valence-corrected chi connectivity index (χ1v) is 9.50. The van der Waals surface area contributed by atoms with Gasteiger partial charge in [0.2, 0.25) is 0 Å². The van der Waals surface area contributed by atoms with Crippen molar-refractivity contribution in [2.75, 3.05) is 6.61 Å². The standard InChI is InChI=1S/C21H23N3O5/c1-2-18(25)12-6-8-13(9-7-12)29-11-19(26)23-16-4-3-5-17-14(16)10-15(20(22)27)21(28)24-17/h6-10,16H,2-5,11H2,1H3,(H2,22,27)(H,23,26)(H,24,28). The highest BCUT2D eigenvalue weighted by Gasteiger charge is 2.25. The number of ketones is 1. The average Bonchev–Trinajstić information content (AvgIpc) is 2.71. The van der Waals surface area contributed by atoms with Crippen LogP contribution in [0.3, 0.4) is 0 Å². The van der Waals surface area contributed by atoms with Gasteiger partial charge in [-0.15, -0.1) is 0 Å². The highest BCUT2D eigenvalue weighted by atomic mass is 16.5. The first kappa shape index (κ1) is 20.3. The summed E-state index contributed by atoms with van der Waals surface area (Å²) in [7, 11) is 0. The SMILES string of the molecule is CCC(=O)c1ccc(OCC(=O)NC2CCCc3[nH]c(=O)c(C(N)=O)cc32)cc1. The van der Waals surface area contributed by atoms with Crippen LogP contribution in [0.4, 0.5) is 0 Å². The van der Waals surface area contributed by atoms with Crippen LogP contribution in [0.1, 0.15) is 64.2 Å². The Labute approximate surface area is 167 Å². The molecule has 8 heteroatoms. The maximum absolute atomic E-state index is 12.3. The van der Waals surface area contributed by atoms with Crippen molar-refractivity contribution in [3.63, 3.8) is 0 Å². The zero-order chi connectivity index (χ0) is 21.0. The van der Waals surface area contributed by atoms with E-state index in [1.165, 1.54) is 6.07 Å². The van der Waals surface area contributed by atoms with E-state index >= 15 is 0 Å². The van der Waals surface area contributed by atoms with Crippen LogP contribution < -0.4 is 21.3 Å². The van der Waals surface area contributed by atoms with E-state index in [-0.39, 0.29) is 29.9 Å². The lowest BCUT2D eigenvalue weighted by Crippen LogP contribution is -2.36. The number of ether oxygens (including phenoxy) is 1. The highest BCUT2D eigenvalue weighted by molar-refractivity contribution is 5.96. The van der Waals surface area contributed by atoms with Crippen LogP contribution in [0.2, 0.25) is 0 Å². The number of pyridine rings is 1. The number of nitrogens with one attached hydrogen (secondary N) is 2. The lowest BCUT2D eigenvalue weighted by molar-refractivity contribution is -0.124. The molecule has 0 radical (unpaired) electrons. The highest BCUT2D eigenvalue weighted by Crippen LogP contribution is 2.28. The molecule has 0 fully saturated rings. The molecule has 8 nitrogen and oxygen atoms in total. The van der Waals surface area contributed by atoms with E-state index in [9.17, 15) is 19.2 Å². The lowest BCUT2D eigenvalue weighted by atomic mass is 9.90. The number of benzene rings is 1. The third-order valence-electron chi connectivity index (χ3n) is 4.92. The quantitative estimate of drug-likeness (QED) is 0.611. The van der Waals surface area contributed by atoms with Gasteiger partial charge in [0.05, 0.1) is 6.04 Å². The molecule has 2 amide bonds. The van der Waals surface area contributed by atoms with Crippen molar-refractivity contribution in [2.24, 2.45) is 5.73 Å². The minimum absolute atomic E-state index is 0.0404. The van der Waals surface area contributed by atoms with Crippen molar-refractivity contribution in [2.45, 2.75) is 38.6 Å². The molecule has 2 aromatic rings. The first-order valence-electron chi connectivity index (χ1n) is 9.50. The van der Waals surface area contributed by atoms with E-state index in [4.69, 9.17) is 10.5 Å². The lowest BCUT2D eigenvalue weighted by Gasteiger charge is -2.26. The predicted octanol–water partition coefficient (Wildman–Crippen LogP) is 1.64. The number of hydrogen-bond donors (Lipinski definition) is 3. The number of carbonyl (C=O) groups excluding carboxylic acids is 3. The number of rotatable bonds is 7. The molecule has 1 heterocycles. The number of aryl methyl sites for hydroxylation is 1. The Balaban J connectivity index is 1.65. The number of carbonyl (C=O) groups is 3. The number of Topliss-reactive ketones (excluding diaryl/α,β-unsaturated/α-hetero) is 1. The number of aromatic amines is 1. The predicted molar refractivity (Wildman–Crippen MR) is 106 cm³/mol. The molecule has 29 heavy (non-hydrogen) atoms. The summed E-state index contributed by atoms with van der Waals surface area (Å²) in [5.41, 5.74) is 6.61. The van der Waals surface area contributed by atoms with Gasteiger partial charge in [-0.1, -0.05) is 6.92 Å². The van der Waals surface area contributed by atoms with Crippen molar-refractivity contribution in [1.29, 1.82) is 0 Å². The first-order chi connectivity index (χ1) is 13.9. The molecule has 1 atom stereocenters. The van der Waals surface area contributed by atoms with Crippen LogP contribution in [0, 0.1) is 0 Å². The minimum Gasteiger partial charge on any atom is -0.484 e. The Morgan fingerprint density at radius 3 is 2.62 bits per heavy atom. The molecule has 0 aliphatic heterocycles. The van der Waals surface area contributed by atoms with Crippen molar-refractivity contribution < 1.29 is 19.1 Å². The molecule has 1 aliphatic carbocycles. The summed E-state index contributed by atoms with van der Waals surface area (Å²) in [6.07, 6.45) is 2.55. The number of primary amides is 1. The van der Waals surface area contributed by atoms with Gasteiger partial charge < -0.3 is 20.8 Å². The Morgan fingerprint density at radius 1 is 1.24 bits per heavy atom. The van der Waals surface area contributed by atoms with Crippen molar-refractivity contribution >= 4 is 17.6 Å². The zero-order valence-electron chi connectivity index (χ0n) is 16.1. The van der Waals surface area contributed by atoms with E-state index < -0.39 is 11.5 Å². The number of H-pyrrole nitrogens is 1. The molecule has 0 spiro atoms. The molecule has 1 aliphatic rings. The fourth-order valence-corrected chi connectivity index (χ4v) is 3.40. The molecular formula is C21H23N3O5. The van der Waals surface area contributed by atoms with Crippen molar-refractivity contribution in [1.82, 2.24) is 10.3 Å². The van der Waals surface area contributed by atoms with Crippen LogP contribution in [0.15, 0.2) is 35.1 Å². The summed E-state index contributed by atoms with van der Waals surface area (Å²) in [6, 6.07) is 7.75.